The molecule has 5 nitrogen and oxygen atoms in total. The summed E-state index contributed by atoms with van der Waals surface area (Å²) in [6.45, 7) is 7.27. The molecule has 0 saturated heterocycles. The van der Waals surface area contributed by atoms with Crippen molar-refractivity contribution in [3.8, 4) is 0 Å². The maximum absolute atomic E-state index is 12.6. The zero-order chi connectivity index (χ0) is 15.2. The van der Waals surface area contributed by atoms with Crippen molar-refractivity contribution in [3.63, 3.8) is 0 Å². The minimum absolute atomic E-state index is 0.143. The fourth-order valence-electron chi connectivity index (χ4n) is 5.42. The van der Waals surface area contributed by atoms with Crippen molar-refractivity contribution in [1.82, 2.24) is 0 Å². The maximum Gasteiger partial charge on any atom is 0.173 e. The summed E-state index contributed by atoms with van der Waals surface area (Å²) >= 11 is 0. The van der Waals surface area contributed by atoms with Crippen LogP contribution in [0.3, 0.4) is 0 Å². The quantitative estimate of drug-likeness (QED) is 0.490. The highest BCUT2D eigenvalue weighted by Gasteiger charge is 2.80. The first-order chi connectivity index (χ1) is 9.01. The number of aliphatic hydroxyl groups excluding tert-OH is 3. The number of ketones is 1. The summed E-state index contributed by atoms with van der Waals surface area (Å²) < 4.78 is 0. The molecule has 0 amide bonds. The van der Waals surface area contributed by atoms with E-state index in [0.29, 0.717) is 0 Å². The molecule has 0 bridgehead atoms. The molecule has 0 heterocycles. The van der Waals surface area contributed by atoms with Crippen molar-refractivity contribution in [2.75, 3.05) is 0 Å². The monoisotopic (exact) mass is 284 g/mol. The molecule has 8 atom stereocenters. The Morgan fingerprint density at radius 2 is 1.70 bits per heavy atom. The van der Waals surface area contributed by atoms with Gasteiger partial charge in [-0.1, -0.05) is 20.8 Å². The van der Waals surface area contributed by atoms with E-state index < -0.39 is 41.0 Å². The van der Waals surface area contributed by atoms with Gasteiger partial charge in [-0.25, -0.2) is 0 Å². The van der Waals surface area contributed by atoms with E-state index in [9.17, 15) is 25.2 Å². The van der Waals surface area contributed by atoms with Gasteiger partial charge in [-0.2, -0.15) is 0 Å². The zero-order valence-electron chi connectivity index (χ0n) is 12.4. The topological polar surface area (TPSA) is 98.0 Å². The molecule has 0 aromatic rings. The van der Waals surface area contributed by atoms with E-state index in [4.69, 9.17) is 0 Å². The molecule has 3 rings (SSSR count). The van der Waals surface area contributed by atoms with Gasteiger partial charge < -0.3 is 20.4 Å². The summed E-state index contributed by atoms with van der Waals surface area (Å²) in [5.74, 6) is -1.61. The summed E-state index contributed by atoms with van der Waals surface area (Å²) in [5, 5.41) is 41.8. The molecule has 0 spiro atoms. The van der Waals surface area contributed by atoms with E-state index in [0.717, 1.165) is 6.42 Å². The van der Waals surface area contributed by atoms with E-state index >= 15 is 0 Å². The van der Waals surface area contributed by atoms with Crippen molar-refractivity contribution in [3.05, 3.63) is 0 Å². The summed E-state index contributed by atoms with van der Waals surface area (Å²) in [4.78, 5) is 12.6. The molecule has 3 aliphatic carbocycles. The van der Waals surface area contributed by atoms with Gasteiger partial charge in [0, 0.05) is 5.92 Å². The number of fused-ring (bicyclic) bond motifs is 3. The molecular weight excluding hydrogens is 260 g/mol. The van der Waals surface area contributed by atoms with Crippen LogP contribution in [0.25, 0.3) is 0 Å². The Balaban J connectivity index is 2.16. The molecule has 5 heteroatoms. The van der Waals surface area contributed by atoms with Crippen LogP contribution in [0, 0.1) is 28.6 Å². The second-order valence-electron chi connectivity index (χ2n) is 7.89. The molecule has 0 aromatic carbocycles. The van der Waals surface area contributed by atoms with Crippen LogP contribution in [0.15, 0.2) is 0 Å². The molecule has 3 fully saturated rings. The number of Topliss-reactive ketones (excluding diaryl/α,β-unsaturated/α-hetero) is 1. The molecule has 0 unspecified atom stereocenters. The van der Waals surface area contributed by atoms with Crippen molar-refractivity contribution < 1.29 is 25.2 Å². The summed E-state index contributed by atoms with van der Waals surface area (Å²) in [5.41, 5.74) is -3.01. The standard InChI is InChI=1S/C15H24O5/c1-6-9(16)10(17)12(19)14(4)7-5-13(2,3)8(7)11(18)15(6,14)20/h6-11,16-18,20H,5H2,1-4H3/t6-,7+,8-,9+,10+,11+,14+,15-/m1/s1. The third kappa shape index (κ3) is 1.18. The molecule has 4 N–H and O–H groups in total. The summed E-state index contributed by atoms with van der Waals surface area (Å²) in [6, 6.07) is 0. The van der Waals surface area contributed by atoms with E-state index in [1.165, 1.54) is 0 Å². The lowest BCUT2D eigenvalue weighted by Crippen LogP contribution is -2.69. The van der Waals surface area contributed by atoms with Gasteiger partial charge in [0.2, 0.25) is 0 Å². The molecule has 114 valence electrons. The Labute approximate surface area is 118 Å². The zero-order valence-corrected chi connectivity index (χ0v) is 12.4. The Morgan fingerprint density at radius 1 is 1.15 bits per heavy atom. The molecule has 3 aliphatic rings. The minimum Gasteiger partial charge on any atom is -0.390 e. The smallest absolute Gasteiger partial charge is 0.173 e. The number of carbonyl (C=O) groups excluding carboxylic acids is 1. The fourth-order valence-corrected chi connectivity index (χ4v) is 5.42. The molecule has 0 radical (unpaired) electrons. The Bertz CT molecular complexity index is 475. The summed E-state index contributed by atoms with van der Waals surface area (Å²) in [6.07, 6.45) is -3.14. The van der Waals surface area contributed by atoms with E-state index in [1.807, 2.05) is 13.8 Å². The third-order valence-electron chi connectivity index (χ3n) is 6.76. The lowest BCUT2D eigenvalue weighted by Gasteiger charge is -2.55. The highest BCUT2D eigenvalue weighted by atomic mass is 16.4. The van der Waals surface area contributed by atoms with E-state index in [1.54, 1.807) is 13.8 Å². The van der Waals surface area contributed by atoms with Crippen LogP contribution >= 0.6 is 0 Å². The van der Waals surface area contributed by atoms with Crippen molar-refractivity contribution >= 4 is 5.78 Å². The van der Waals surface area contributed by atoms with E-state index in [2.05, 4.69) is 0 Å². The van der Waals surface area contributed by atoms with Crippen LogP contribution in [0.1, 0.15) is 34.1 Å². The average molecular weight is 284 g/mol. The van der Waals surface area contributed by atoms with Gasteiger partial charge in [-0.3, -0.25) is 4.79 Å². The first-order valence-corrected chi connectivity index (χ1v) is 7.32. The lowest BCUT2D eigenvalue weighted by atomic mass is 9.49. The van der Waals surface area contributed by atoms with Gasteiger partial charge in [0.1, 0.15) is 11.7 Å². The number of carbonyl (C=O) groups is 1. The molecular formula is C15H24O5. The third-order valence-corrected chi connectivity index (χ3v) is 6.76. The SMILES string of the molecule is C[C@@H]1[C@H](O)[C@H](O)C(=O)[C@]2(C)[C@H]3CC(C)(C)[C@H]3[C@H](O)[C@]12O. The second kappa shape index (κ2) is 3.64. The van der Waals surface area contributed by atoms with Crippen LogP contribution in [0.2, 0.25) is 0 Å². The fraction of sp³-hybridized carbons (Fsp3) is 0.933. The molecule has 20 heavy (non-hydrogen) atoms. The first kappa shape index (κ1) is 14.4. The Hall–Kier alpha value is -0.490. The van der Waals surface area contributed by atoms with Crippen molar-refractivity contribution in [2.45, 2.75) is 58.0 Å². The number of aliphatic hydroxyl groups is 4. The Kier molecular flexibility index (Phi) is 2.63. The summed E-state index contributed by atoms with van der Waals surface area (Å²) in [7, 11) is 0. The number of rotatable bonds is 0. The van der Waals surface area contributed by atoms with Gasteiger partial charge in [-0.15, -0.1) is 0 Å². The minimum atomic E-state index is -1.67. The van der Waals surface area contributed by atoms with Gasteiger partial charge in [-0.05, 0) is 30.6 Å². The highest BCUT2D eigenvalue weighted by molar-refractivity contribution is 5.92. The second-order valence-corrected chi connectivity index (χ2v) is 7.89. The predicted molar refractivity (Wildman–Crippen MR) is 70.6 cm³/mol. The van der Waals surface area contributed by atoms with E-state index in [-0.39, 0.29) is 17.3 Å². The van der Waals surface area contributed by atoms with Gasteiger partial charge in [0.15, 0.2) is 5.78 Å². The largest absolute Gasteiger partial charge is 0.390 e. The van der Waals surface area contributed by atoms with Crippen molar-refractivity contribution in [2.24, 2.45) is 28.6 Å². The highest BCUT2D eigenvalue weighted by Crippen LogP contribution is 2.71. The average Bonchev–Trinajstić information content (AvgIpc) is 2.52. The molecule has 0 aromatic heterocycles. The number of hydrogen-bond acceptors (Lipinski definition) is 5. The maximum atomic E-state index is 12.6. The molecule has 3 saturated carbocycles. The lowest BCUT2D eigenvalue weighted by molar-refractivity contribution is -0.222. The van der Waals surface area contributed by atoms with Crippen LogP contribution in [-0.4, -0.2) is 50.1 Å². The van der Waals surface area contributed by atoms with Crippen LogP contribution < -0.4 is 0 Å². The van der Waals surface area contributed by atoms with Crippen molar-refractivity contribution in [1.29, 1.82) is 0 Å². The van der Waals surface area contributed by atoms with Crippen LogP contribution in [-0.2, 0) is 4.79 Å². The normalized spacial score (nSPS) is 60.7. The molecule has 0 aliphatic heterocycles. The van der Waals surface area contributed by atoms with Crippen LogP contribution in [0.5, 0.6) is 0 Å². The first-order valence-electron chi connectivity index (χ1n) is 7.32. The van der Waals surface area contributed by atoms with Crippen LogP contribution in [0.4, 0.5) is 0 Å². The van der Waals surface area contributed by atoms with Gasteiger partial charge >= 0.3 is 0 Å². The Morgan fingerprint density at radius 3 is 2.20 bits per heavy atom. The van der Waals surface area contributed by atoms with Gasteiger partial charge in [0.25, 0.3) is 0 Å². The predicted octanol–water partition coefficient (Wildman–Crippen LogP) is -0.299. The van der Waals surface area contributed by atoms with Gasteiger partial charge in [0.05, 0.1) is 17.6 Å². The number of hydrogen-bond donors (Lipinski definition) is 4.